The molecule has 2 N–H and O–H groups in total. The summed E-state index contributed by atoms with van der Waals surface area (Å²) >= 11 is 5.53. The van der Waals surface area contributed by atoms with Crippen molar-refractivity contribution in [2.45, 2.75) is 14.4 Å². The Morgan fingerprint density at radius 2 is 1.52 bits per heavy atom. The van der Waals surface area contributed by atoms with Crippen molar-refractivity contribution in [3.8, 4) is 12.3 Å². The molecule has 33 heavy (non-hydrogen) atoms. The number of aromatic nitrogens is 6. The van der Waals surface area contributed by atoms with Crippen molar-refractivity contribution in [2.24, 2.45) is 0 Å². The highest BCUT2D eigenvalue weighted by Gasteiger charge is 2.14. The van der Waals surface area contributed by atoms with Crippen molar-refractivity contribution in [1.29, 1.82) is 0 Å². The molecule has 0 amide bonds. The number of terminal acetylenes is 1. The zero-order valence-electron chi connectivity index (χ0n) is 17.2. The molecule has 0 aromatic carbocycles. The normalized spacial score (nSPS) is 12.5. The molecular weight excluding hydrogens is 446 g/mol. The highest BCUT2D eigenvalue weighted by Crippen LogP contribution is 2.11. The minimum atomic E-state index is -0.243. The fourth-order valence-electron chi connectivity index (χ4n) is 2.87. The molecule has 0 aliphatic carbocycles. The van der Waals surface area contributed by atoms with E-state index in [-0.39, 0.29) is 23.8 Å². The van der Waals surface area contributed by atoms with Gasteiger partial charge in [0.25, 0.3) is 11.1 Å². The number of anilines is 1. The maximum atomic E-state index is 11.9. The molecule has 5 heterocycles. The third-order valence-corrected chi connectivity index (χ3v) is 4.47. The maximum absolute atomic E-state index is 11.9. The molecule has 172 valence electrons. The average molecular weight is 470 g/mol. The fraction of sp³-hybridized carbons (Fsp3) is 0.273. The van der Waals surface area contributed by atoms with Gasteiger partial charge in [0.2, 0.25) is 11.2 Å². The smallest absolute Gasteiger partial charge is 0.260 e. The fourth-order valence-corrected chi connectivity index (χ4v) is 3.04. The second kappa shape index (κ2) is 12.3. The van der Waals surface area contributed by atoms with Gasteiger partial charge in [-0.25, -0.2) is 9.97 Å². The number of hydrogen-bond acceptors (Lipinski definition) is 8. The lowest BCUT2D eigenvalue weighted by Gasteiger charge is -2.27. The summed E-state index contributed by atoms with van der Waals surface area (Å²) in [6, 6.07) is 3.27. The predicted molar refractivity (Wildman–Crippen MR) is 130 cm³/mol. The van der Waals surface area contributed by atoms with Crippen molar-refractivity contribution < 1.29 is 4.74 Å². The van der Waals surface area contributed by atoms with Crippen LogP contribution in [0, 0.1) is 12.3 Å². The van der Waals surface area contributed by atoms with Crippen LogP contribution in [0.2, 0.25) is 5.28 Å². The van der Waals surface area contributed by atoms with E-state index >= 15 is 0 Å². The zero-order chi connectivity index (χ0) is 22.9. The topological polar surface area (TPSA) is 130 Å². The molecule has 0 saturated carbocycles. The maximum Gasteiger partial charge on any atom is 0.260 e. The number of aromatic amines is 2. The van der Waals surface area contributed by atoms with Crippen LogP contribution in [0.5, 0.6) is 0 Å². The van der Waals surface area contributed by atoms with E-state index in [1.807, 2.05) is 4.90 Å². The van der Waals surface area contributed by atoms with Crippen molar-refractivity contribution >= 4 is 39.4 Å². The lowest BCUT2D eigenvalue weighted by atomic mass is 10.3. The molecule has 11 heteroatoms. The van der Waals surface area contributed by atoms with Gasteiger partial charge in [-0.2, -0.15) is 0 Å². The first-order chi connectivity index (χ1) is 15.5. The predicted octanol–water partition coefficient (Wildman–Crippen LogP) is 2.40. The molecule has 0 radical (unpaired) electrons. The molecule has 0 spiro atoms. The van der Waals surface area contributed by atoms with Crippen LogP contribution < -0.4 is 16.0 Å². The van der Waals surface area contributed by atoms with E-state index in [2.05, 4.69) is 42.2 Å². The van der Waals surface area contributed by atoms with Crippen LogP contribution in [0.15, 0.2) is 46.5 Å². The van der Waals surface area contributed by atoms with Gasteiger partial charge in [0.1, 0.15) is 0 Å². The van der Waals surface area contributed by atoms with Crippen LogP contribution in [0.3, 0.4) is 0 Å². The van der Waals surface area contributed by atoms with Gasteiger partial charge in [0.05, 0.1) is 47.4 Å². The summed E-state index contributed by atoms with van der Waals surface area (Å²) in [5.41, 5.74) is 0.760. The number of ether oxygens (including phenoxy) is 1. The lowest BCUT2D eigenvalue weighted by molar-refractivity contribution is 0.122. The number of rotatable bonds is 1. The van der Waals surface area contributed by atoms with E-state index in [1.165, 1.54) is 12.4 Å². The molecule has 5 rings (SSSR count). The average Bonchev–Trinajstić information content (AvgIpc) is 2.80. The molecule has 4 aromatic rings. The first kappa shape index (κ1) is 25.5. The van der Waals surface area contributed by atoms with E-state index in [9.17, 15) is 9.59 Å². The van der Waals surface area contributed by atoms with E-state index in [1.54, 1.807) is 31.5 Å². The number of pyridine rings is 2. The van der Waals surface area contributed by atoms with E-state index < -0.39 is 0 Å². The summed E-state index contributed by atoms with van der Waals surface area (Å²) in [4.78, 5) is 46.3. The summed E-state index contributed by atoms with van der Waals surface area (Å²) < 4.78 is 5.27. The first-order valence-corrected chi connectivity index (χ1v) is 9.95. The standard InChI is InChI=1S/C11H12N4O2.C7H4ClN3O.C3H4.CH4/c16-10-8-1-2-12-7-9(8)13-11(14-10)15-3-5-17-6-4-15;8-7-10-5-3-9-2-1-4(5)6(12)11-7;1-3-2;/h1-2,7H,3-6H2,(H,13,14,16);1-3H,(H,10,11,12);1H,2H3;1H4. The van der Waals surface area contributed by atoms with E-state index in [0.29, 0.717) is 41.0 Å². The highest BCUT2D eigenvalue weighted by atomic mass is 35.5. The summed E-state index contributed by atoms with van der Waals surface area (Å²) in [7, 11) is 0. The van der Waals surface area contributed by atoms with Crippen LogP contribution in [-0.4, -0.2) is 56.2 Å². The Morgan fingerprint density at radius 3 is 2.09 bits per heavy atom. The van der Waals surface area contributed by atoms with Crippen LogP contribution >= 0.6 is 11.6 Å². The zero-order valence-corrected chi connectivity index (χ0v) is 18.0. The Kier molecular flexibility index (Phi) is 9.47. The van der Waals surface area contributed by atoms with Crippen LogP contribution in [-0.2, 0) is 4.74 Å². The minimum Gasteiger partial charge on any atom is -0.378 e. The number of nitrogens with zero attached hydrogens (tertiary/aromatic N) is 5. The Morgan fingerprint density at radius 1 is 1.00 bits per heavy atom. The molecule has 1 fully saturated rings. The SMILES string of the molecule is C.C#CC.O=c1[nH]c(Cl)nc2cnccc12.O=c1[nH]c(N2CCOCC2)nc2cnccc12. The lowest BCUT2D eigenvalue weighted by Crippen LogP contribution is -2.38. The summed E-state index contributed by atoms with van der Waals surface area (Å²) in [6.07, 6.45) is 10.8. The third-order valence-electron chi connectivity index (χ3n) is 4.29. The number of H-pyrrole nitrogens is 2. The quantitative estimate of drug-likeness (QED) is 0.321. The molecule has 0 atom stereocenters. The Hall–Kier alpha value is -3.81. The Labute approximate surface area is 195 Å². The Bertz CT molecular complexity index is 1360. The van der Waals surface area contributed by atoms with E-state index in [4.69, 9.17) is 16.3 Å². The number of fused-ring (bicyclic) bond motifs is 2. The van der Waals surface area contributed by atoms with Gasteiger partial charge in [-0.15, -0.1) is 12.3 Å². The van der Waals surface area contributed by atoms with Crippen LogP contribution in [0.1, 0.15) is 14.4 Å². The molecule has 0 unspecified atom stereocenters. The number of morpholine rings is 1. The molecule has 4 aromatic heterocycles. The minimum absolute atomic E-state index is 0. The summed E-state index contributed by atoms with van der Waals surface area (Å²) in [6.45, 7) is 4.47. The van der Waals surface area contributed by atoms with Crippen LogP contribution in [0.25, 0.3) is 21.8 Å². The summed E-state index contributed by atoms with van der Waals surface area (Å²) in [5.74, 6) is 2.85. The van der Waals surface area contributed by atoms with Crippen molar-refractivity contribution in [3.63, 3.8) is 0 Å². The van der Waals surface area contributed by atoms with Crippen LogP contribution in [0.4, 0.5) is 5.95 Å². The van der Waals surface area contributed by atoms with Crippen molar-refractivity contribution in [1.82, 2.24) is 29.9 Å². The molecule has 1 aliphatic heterocycles. The molecular formula is C22H24ClN7O3. The monoisotopic (exact) mass is 469 g/mol. The molecule has 10 nitrogen and oxygen atoms in total. The Balaban J connectivity index is 0.000000212. The summed E-state index contributed by atoms with van der Waals surface area (Å²) in [5, 5.41) is 1.15. The van der Waals surface area contributed by atoms with E-state index in [0.717, 1.165) is 13.1 Å². The second-order valence-electron chi connectivity index (χ2n) is 6.42. The van der Waals surface area contributed by atoms with Gasteiger partial charge in [-0.1, -0.05) is 7.43 Å². The molecule has 1 saturated heterocycles. The van der Waals surface area contributed by atoms with Gasteiger partial charge in [0.15, 0.2) is 0 Å². The van der Waals surface area contributed by atoms with Gasteiger partial charge < -0.3 is 9.64 Å². The molecule has 1 aliphatic rings. The number of halogens is 1. The highest BCUT2D eigenvalue weighted by molar-refractivity contribution is 6.28. The largest absolute Gasteiger partial charge is 0.378 e. The first-order valence-electron chi connectivity index (χ1n) is 9.57. The van der Waals surface area contributed by atoms with Gasteiger partial charge in [-0.05, 0) is 30.7 Å². The number of hydrogen-bond donors (Lipinski definition) is 2. The van der Waals surface area contributed by atoms with Crippen molar-refractivity contribution in [3.05, 3.63) is 62.9 Å². The third kappa shape index (κ3) is 6.58. The second-order valence-corrected chi connectivity index (χ2v) is 6.78. The van der Waals surface area contributed by atoms with Gasteiger partial charge in [0, 0.05) is 25.5 Å². The molecule has 0 bridgehead atoms. The van der Waals surface area contributed by atoms with Crippen molar-refractivity contribution in [2.75, 3.05) is 31.2 Å². The van der Waals surface area contributed by atoms with Gasteiger partial charge >= 0.3 is 0 Å². The van der Waals surface area contributed by atoms with Gasteiger partial charge in [-0.3, -0.25) is 29.5 Å². The number of nitrogens with one attached hydrogen (secondary N) is 2.